The summed E-state index contributed by atoms with van der Waals surface area (Å²) < 4.78 is 13.8. The average molecular weight is 371 g/mol. The number of nitrogens with one attached hydrogen (secondary N) is 3. The van der Waals surface area contributed by atoms with Crippen LogP contribution in [0.1, 0.15) is 34.6 Å². The Morgan fingerprint density at radius 3 is 2.30 bits per heavy atom. The standard InChI is InChI=1S/C20H22FN3O3/c1-12(2)17(24-19(26)15-9-4-5-10-16(15)21)20(27)23-14-8-6-7-13(11-14)18(25)22-3/h4-12,17H,1-3H3,(H,22,25)(H,23,27)(H,24,26). The van der Waals surface area contributed by atoms with E-state index in [9.17, 15) is 18.8 Å². The number of carbonyl (C=O) groups is 3. The predicted octanol–water partition coefficient (Wildman–Crippen LogP) is 2.58. The maximum absolute atomic E-state index is 13.8. The number of anilines is 1. The molecule has 0 fully saturated rings. The summed E-state index contributed by atoms with van der Waals surface area (Å²) in [6.45, 7) is 3.54. The van der Waals surface area contributed by atoms with Crippen molar-refractivity contribution in [2.24, 2.45) is 5.92 Å². The van der Waals surface area contributed by atoms with Gasteiger partial charge in [-0.3, -0.25) is 14.4 Å². The molecule has 0 aliphatic heterocycles. The Morgan fingerprint density at radius 1 is 0.963 bits per heavy atom. The monoisotopic (exact) mass is 371 g/mol. The van der Waals surface area contributed by atoms with Crippen molar-refractivity contribution < 1.29 is 18.8 Å². The Kier molecular flexibility index (Phi) is 6.65. The summed E-state index contributed by atoms with van der Waals surface area (Å²) >= 11 is 0. The number of amides is 3. The van der Waals surface area contributed by atoms with Crippen LogP contribution >= 0.6 is 0 Å². The first-order valence-corrected chi connectivity index (χ1v) is 8.52. The number of benzene rings is 2. The minimum atomic E-state index is -0.874. The molecule has 7 heteroatoms. The lowest BCUT2D eigenvalue weighted by atomic mass is 10.0. The fourth-order valence-electron chi connectivity index (χ4n) is 2.50. The van der Waals surface area contributed by atoms with E-state index in [1.54, 1.807) is 38.1 Å². The quantitative estimate of drug-likeness (QED) is 0.729. The van der Waals surface area contributed by atoms with Crippen molar-refractivity contribution in [3.8, 4) is 0 Å². The van der Waals surface area contributed by atoms with Gasteiger partial charge in [0.1, 0.15) is 11.9 Å². The highest BCUT2D eigenvalue weighted by Gasteiger charge is 2.26. The zero-order valence-electron chi connectivity index (χ0n) is 15.4. The third kappa shape index (κ3) is 5.13. The maximum atomic E-state index is 13.8. The van der Waals surface area contributed by atoms with Gasteiger partial charge < -0.3 is 16.0 Å². The molecule has 0 saturated heterocycles. The molecule has 6 nitrogen and oxygen atoms in total. The summed E-state index contributed by atoms with van der Waals surface area (Å²) in [6, 6.07) is 11.1. The molecule has 0 bridgehead atoms. The number of hydrogen-bond donors (Lipinski definition) is 3. The van der Waals surface area contributed by atoms with Gasteiger partial charge >= 0.3 is 0 Å². The molecule has 0 saturated carbocycles. The number of carbonyl (C=O) groups excluding carboxylic acids is 3. The second kappa shape index (κ2) is 8.93. The predicted molar refractivity (Wildman–Crippen MR) is 101 cm³/mol. The molecular weight excluding hydrogens is 349 g/mol. The molecule has 1 unspecified atom stereocenters. The van der Waals surface area contributed by atoms with E-state index in [1.165, 1.54) is 31.3 Å². The van der Waals surface area contributed by atoms with Crippen molar-refractivity contribution in [2.75, 3.05) is 12.4 Å². The number of halogens is 1. The fraction of sp³-hybridized carbons (Fsp3) is 0.250. The maximum Gasteiger partial charge on any atom is 0.254 e. The van der Waals surface area contributed by atoms with E-state index < -0.39 is 23.7 Å². The Hall–Kier alpha value is -3.22. The van der Waals surface area contributed by atoms with Crippen LogP contribution in [0.15, 0.2) is 48.5 Å². The minimum Gasteiger partial charge on any atom is -0.355 e. The zero-order valence-corrected chi connectivity index (χ0v) is 15.4. The van der Waals surface area contributed by atoms with Gasteiger partial charge in [0.25, 0.3) is 11.8 Å². The summed E-state index contributed by atoms with van der Waals surface area (Å²) in [7, 11) is 1.51. The highest BCUT2D eigenvalue weighted by atomic mass is 19.1. The molecule has 0 aromatic heterocycles. The van der Waals surface area contributed by atoms with Crippen molar-refractivity contribution >= 4 is 23.4 Å². The van der Waals surface area contributed by atoms with Crippen molar-refractivity contribution in [3.63, 3.8) is 0 Å². The Balaban J connectivity index is 2.15. The van der Waals surface area contributed by atoms with E-state index in [4.69, 9.17) is 0 Å². The van der Waals surface area contributed by atoms with Gasteiger partial charge in [-0.05, 0) is 36.2 Å². The lowest BCUT2D eigenvalue weighted by molar-refractivity contribution is -0.118. The Bertz CT molecular complexity index is 852. The molecule has 0 aliphatic carbocycles. The molecule has 1 atom stereocenters. The van der Waals surface area contributed by atoms with E-state index in [0.717, 1.165) is 0 Å². The van der Waals surface area contributed by atoms with Crippen molar-refractivity contribution in [2.45, 2.75) is 19.9 Å². The van der Waals surface area contributed by atoms with E-state index >= 15 is 0 Å². The molecular formula is C20H22FN3O3. The smallest absolute Gasteiger partial charge is 0.254 e. The van der Waals surface area contributed by atoms with Gasteiger partial charge in [-0.25, -0.2) is 4.39 Å². The zero-order chi connectivity index (χ0) is 20.0. The van der Waals surface area contributed by atoms with Gasteiger partial charge in [0, 0.05) is 18.3 Å². The number of rotatable bonds is 6. The molecule has 2 aromatic rings. The van der Waals surface area contributed by atoms with E-state index in [0.29, 0.717) is 11.3 Å². The highest BCUT2D eigenvalue weighted by molar-refractivity contribution is 6.02. The molecule has 2 aromatic carbocycles. The van der Waals surface area contributed by atoms with Crippen LogP contribution in [0.2, 0.25) is 0 Å². The third-order valence-electron chi connectivity index (χ3n) is 3.97. The molecule has 0 aliphatic rings. The molecule has 0 heterocycles. The van der Waals surface area contributed by atoms with Gasteiger partial charge in [0.2, 0.25) is 5.91 Å². The first-order chi connectivity index (χ1) is 12.8. The average Bonchev–Trinajstić information content (AvgIpc) is 2.65. The van der Waals surface area contributed by atoms with Crippen LogP contribution in [-0.4, -0.2) is 30.8 Å². The molecule has 0 radical (unpaired) electrons. The first-order valence-electron chi connectivity index (χ1n) is 8.52. The lowest BCUT2D eigenvalue weighted by Gasteiger charge is -2.22. The second-order valence-corrected chi connectivity index (χ2v) is 6.32. The second-order valence-electron chi connectivity index (χ2n) is 6.32. The Morgan fingerprint density at radius 2 is 1.67 bits per heavy atom. The van der Waals surface area contributed by atoms with Crippen LogP contribution in [-0.2, 0) is 4.79 Å². The summed E-state index contributed by atoms with van der Waals surface area (Å²) in [4.78, 5) is 36.7. The van der Waals surface area contributed by atoms with Crippen molar-refractivity contribution in [1.29, 1.82) is 0 Å². The van der Waals surface area contributed by atoms with Crippen LogP contribution in [0.25, 0.3) is 0 Å². The van der Waals surface area contributed by atoms with Crippen molar-refractivity contribution in [3.05, 3.63) is 65.5 Å². The van der Waals surface area contributed by atoms with Crippen LogP contribution in [0.4, 0.5) is 10.1 Å². The van der Waals surface area contributed by atoms with Crippen molar-refractivity contribution in [1.82, 2.24) is 10.6 Å². The third-order valence-corrected chi connectivity index (χ3v) is 3.97. The van der Waals surface area contributed by atoms with E-state index in [2.05, 4.69) is 16.0 Å². The van der Waals surface area contributed by atoms with Crippen LogP contribution < -0.4 is 16.0 Å². The summed E-state index contributed by atoms with van der Waals surface area (Å²) in [5.74, 6) is -2.29. The molecule has 3 amide bonds. The molecule has 142 valence electrons. The largest absolute Gasteiger partial charge is 0.355 e. The lowest BCUT2D eigenvalue weighted by Crippen LogP contribution is -2.47. The molecule has 3 N–H and O–H groups in total. The van der Waals surface area contributed by atoms with Gasteiger partial charge in [0.05, 0.1) is 5.56 Å². The summed E-state index contributed by atoms with van der Waals surface area (Å²) in [6.07, 6.45) is 0. The summed E-state index contributed by atoms with van der Waals surface area (Å²) in [5.41, 5.74) is 0.691. The van der Waals surface area contributed by atoms with Gasteiger partial charge in [-0.1, -0.05) is 32.0 Å². The van der Waals surface area contributed by atoms with Gasteiger partial charge in [-0.15, -0.1) is 0 Å². The number of hydrogen-bond acceptors (Lipinski definition) is 3. The molecule has 27 heavy (non-hydrogen) atoms. The minimum absolute atomic E-state index is 0.127. The SMILES string of the molecule is CNC(=O)c1cccc(NC(=O)C(NC(=O)c2ccccc2F)C(C)C)c1. The Labute approximate surface area is 157 Å². The molecule has 0 spiro atoms. The van der Waals surface area contributed by atoms with E-state index in [1.807, 2.05) is 0 Å². The first kappa shape index (κ1) is 20.1. The topological polar surface area (TPSA) is 87.3 Å². The van der Waals surface area contributed by atoms with Gasteiger partial charge in [0.15, 0.2) is 0 Å². The molecule has 2 rings (SSSR count). The van der Waals surface area contributed by atoms with Crippen LogP contribution in [0.5, 0.6) is 0 Å². The summed E-state index contributed by atoms with van der Waals surface area (Å²) in [5, 5.41) is 7.77. The van der Waals surface area contributed by atoms with Crippen LogP contribution in [0.3, 0.4) is 0 Å². The van der Waals surface area contributed by atoms with Gasteiger partial charge in [-0.2, -0.15) is 0 Å². The highest BCUT2D eigenvalue weighted by Crippen LogP contribution is 2.14. The van der Waals surface area contributed by atoms with Crippen LogP contribution in [0, 0.1) is 11.7 Å². The van der Waals surface area contributed by atoms with E-state index in [-0.39, 0.29) is 17.4 Å². The fourth-order valence-corrected chi connectivity index (χ4v) is 2.50. The normalized spacial score (nSPS) is 11.6.